The predicted molar refractivity (Wildman–Crippen MR) is 146 cm³/mol. The van der Waals surface area contributed by atoms with E-state index in [0.29, 0.717) is 0 Å². The average Bonchev–Trinajstić information content (AvgIpc) is 3.58. The van der Waals surface area contributed by atoms with Crippen LogP contribution in [0.5, 0.6) is 0 Å². The van der Waals surface area contributed by atoms with Gasteiger partial charge in [0.1, 0.15) is 0 Å². The molecule has 6 rings (SSSR count). The van der Waals surface area contributed by atoms with E-state index < -0.39 is 20.8 Å². The molecule has 168 valence electrons. The van der Waals surface area contributed by atoms with Crippen molar-refractivity contribution in [2.24, 2.45) is 0 Å². The SMILES string of the molecule is [Cl][Zr+2][Cl].c1cc[cH-]c1.c1ccc(Cc2ccccc2)cc1.c1ccc2c(c1)[cH-]c1ccccc12. The van der Waals surface area contributed by atoms with Crippen LogP contribution in [0.4, 0.5) is 0 Å². The van der Waals surface area contributed by atoms with E-state index in [1.807, 2.05) is 30.3 Å². The third kappa shape index (κ3) is 8.73. The van der Waals surface area contributed by atoms with Crippen molar-refractivity contribution in [2.75, 3.05) is 0 Å². The first-order valence-corrected chi connectivity index (χ1v) is 17.4. The minimum atomic E-state index is -0.826. The van der Waals surface area contributed by atoms with E-state index in [-0.39, 0.29) is 0 Å². The molecule has 0 radical (unpaired) electrons. The van der Waals surface area contributed by atoms with E-state index in [2.05, 4.69) is 115 Å². The molecule has 6 aromatic carbocycles. The summed E-state index contributed by atoms with van der Waals surface area (Å²) in [6.45, 7) is 0. The first kappa shape index (κ1) is 26.2. The van der Waals surface area contributed by atoms with Crippen LogP contribution < -0.4 is 0 Å². The first-order chi connectivity index (χ1) is 16.8. The Bertz CT molecular complexity index is 1200. The molecule has 0 fully saturated rings. The summed E-state index contributed by atoms with van der Waals surface area (Å²) >= 11 is -0.826. The summed E-state index contributed by atoms with van der Waals surface area (Å²) in [6, 6.07) is 50.3. The van der Waals surface area contributed by atoms with Crippen LogP contribution >= 0.6 is 17.0 Å². The molecule has 0 unspecified atom stereocenters. The Labute approximate surface area is 221 Å². The fourth-order valence-electron chi connectivity index (χ4n) is 3.65. The molecule has 0 atom stereocenters. The van der Waals surface area contributed by atoms with E-state index in [9.17, 15) is 0 Å². The van der Waals surface area contributed by atoms with Crippen molar-refractivity contribution in [3.8, 4) is 0 Å². The Kier molecular flexibility index (Phi) is 11.9. The zero-order valence-corrected chi connectivity index (χ0v) is 22.8. The van der Waals surface area contributed by atoms with Gasteiger partial charge < -0.3 is 0 Å². The molecule has 0 bridgehead atoms. The van der Waals surface area contributed by atoms with Crippen LogP contribution in [0.1, 0.15) is 11.1 Å². The van der Waals surface area contributed by atoms with E-state index >= 15 is 0 Å². The minimum absolute atomic E-state index is 0.826. The zero-order chi connectivity index (χ0) is 23.8. The fourth-order valence-corrected chi connectivity index (χ4v) is 3.65. The zero-order valence-electron chi connectivity index (χ0n) is 18.8. The number of hydrogen-bond donors (Lipinski definition) is 0. The van der Waals surface area contributed by atoms with Crippen molar-refractivity contribution in [3.63, 3.8) is 0 Å². The Hall–Kier alpha value is -2.44. The van der Waals surface area contributed by atoms with Gasteiger partial charge in [-0.2, -0.15) is 18.2 Å². The Morgan fingerprint density at radius 1 is 0.500 bits per heavy atom. The van der Waals surface area contributed by atoms with Crippen molar-refractivity contribution in [1.82, 2.24) is 0 Å². The summed E-state index contributed by atoms with van der Waals surface area (Å²) in [6.07, 6.45) is 1.03. The third-order valence-corrected chi connectivity index (χ3v) is 5.17. The van der Waals surface area contributed by atoms with Crippen LogP contribution in [0.25, 0.3) is 21.5 Å². The molecule has 0 nitrogen and oxygen atoms in total. The molecule has 0 saturated heterocycles. The summed E-state index contributed by atoms with van der Waals surface area (Å²) in [5.41, 5.74) is 2.74. The van der Waals surface area contributed by atoms with Crippen LogP contribution in [-0.4, -0.2) is 0 Å². The molecule has 0 aromatic heterocycles. The summed E-state index contributed by atoms with van der Waals surface area (Å²) in [5, 5.41) is 5.39. The molecular formula is C31H26Cl2Zr. The number of rotatable bonds is 2. The van der Waals surface area contributed by atoms with Crippen molar-refractivity contribution in [3.05, 3.63) is 157 Å². The van der Waals surface area contributed by atoms with E-state index in [0.717, 1.165) is 6.42 Å². The Morgan fingerprint density at radius 3 is 1.26 bits per heavy atom. The molecule has 0 heterocycles. The van der Waals surface area contributed by atoms with Gasteiger partial charge in [-0.3, -0.25) is 0 Å². The number of hydrogen-bond acceptors (Lipinski definition) is 0. The van der Waals surface area contributed by atoms with Gasteiger partial charge in [-0.05, 0) is 17.5 Å². The topological polar surface area (TPSA) is 0 Å². The fraction of sp³-hybridized carbons (Fsp3) is 0.0323. The smallest absolute Gasteiger partial charge is 0.00258 e. The van der Waals surface area contributed by atoms with Crippen LogP contribution in [0, 0.1) is 0 Å². The van der Waals surface area contributed by atoms with Crippen molar-refractivity contribution >= 4 is 38.6 Å². The predicted octanol–water partition coefficient (Wildman–Crippen LogP) is 9.77. The second kappa shape index (κ2) is 15.5. The van der Waals surface area contributed by atoms with E-state index in [1.54, 1.807) is 0 Å². The molecule has 3 heteroatoms. The largest absolute Gasteiger partial charge is 0.214 e. The second-order valence-corrected chi connectivity index (χ2v) is 11.2. The Morgan fingerprint density at radius 2 is 0.882 bits per heavy atom. The van der Waals surface area contributed by atoms with Gasteiger partial charge in [0.2, 0.25) is 0 Å². The second-order valence-electron chi connectivity index (χ2n) is 7.50. The van der Waals surface area contributed by atoms with Crippen LogP contribution in [0.3, 0.4) is 0 Å². The van der Waals surface area contributed by atoms with Crippen LogP contribution in [0.2, 0.25) is 0 Å². The van der Waals surface area contributed by atoms with Gasteiger partial charge in [0.15, 0.2) is 0 Å². The van der Waals surface area contributed by atoms with Crippen molar-refractivity contribution < 1.29 is 20.8 Å². The van der Waals surface area contributed by atoms with Gasteiger partial charge in [-0.25, -0.2) is 12.1 Å². The molecule has 0 amide bonds. The van der Waals surface area contributed by atoms with E-state index in [4.69, 9.17) is 17.0 Å². The molecule has 0 N–H and O–H groups in total. The van der Waals surface area contributed by atoms with Crippen LogP contribution in [-0.2, 0) is 27.3 Å². The number of halogens is 2. The summed E-state index contributed by atoms with van der Waals surface area (Å²) < 4.78 is 0. The summed E-state index contributed by atoms with van der Waals surface area (Å²) in [5.74, 6) is 0. The monoisotopic (exact) mass is 558 g/mol. The molecule has 0 aliphatic rings. The standard InChI is InChI=1S/C13H9.C13H12.C5H5.2ClH.Zr/c1-3-7-12-10(5-1)9-11-6-2-4-8-13(11)12;1-3-7-12(8-4-1)11-13-9-5-2-6-10-13;1-2-4-5-3-1;;;/h1-9H;1-10H,11H2;1-5H;2*1H;/q-1;;-1;;;+4/p-2. The maximum atomic E-state index is 4.93. The molecule has 34 heavy (non-hydrogen) atoms. The van der Waals surface area contributed by atoms with Gasteiger partial charge in [-0.15, -0.1) is 39.7 Å². The van der Waals surface area contributed by atoms with Gasteiger partial charge >= 0.3 is 37.9 Å². The van der Waals surface area contributed by atoms with Crippen LogP contribution in [0.15, 0.2) is 146 Å². The molecule has 0 aliphatic heterocycles. The summed E-state index contributed by atoms with van der Waals surface area (Å²) in [4.78, 5) is 0. The number of fused-ring (bicyclic) bond motifs is 3. The third-order valence-electron chi connectivity index (χ3n) is 5.17. The first-order valence-electron chi connectivity index (χ1n) is 11.1. The summed E-state index contributed by atoms with van der Waals surface area (Å²) in [7, 11) is 9.87. The molecule has 0 saturated carbocycles. The van der Waals surface area contributed by atoms with Crippen molar-refractivity contribution in [1.29, 1.82) is 0 Å². The minimum Gasteiger partial charge on any atom is -0.214 e. The molecule has 0 aliphatic carbocycles. The average molecular weight is 561 g/mol. The quantitative estimate of drug-likeness (QED) is 0.185. The van der Waals surface area contributed by atoms with Crippen molar-refractivity contribution in [2.45, 2.75) is 6.42 Å². The molecule has 6 aromatic rings. The molecular weight excluding hydrogens is 534 g/mol. The van der Waals surface area contributed by atoms with Gasteiger partial charge in [0, 0.05) is 0 Å². The number of benzene rings is 4. The van der Waals surface area contributed by atoms with E-state index in [1.165, 1.54) is 32.7 Å². The van der Waals surface area contributed by atoms with Gasteiger partial charge in [0.25, 0.3) is 0 Å². The van der Waals surface area contributed by atoms with Gasteiger partial charge in [-0.1, -0.05) is 97.1 Å². The Balaban J connectivity index is 0.000000146. The normalized spacial score (nSPS) is 9.47. The molecule has 0 spiro atoms. The maximum Gasteiger partial charge on any atom is -0.00258 e. The van der Waals surface area contributed by atoms with Gasteiger partial charge in [0.05, 0.1) is 0 Å². The maximum absolute atomic E-state index is 4.93.